The van der Waals surface area contributed by atoms with Gasteiger partial charge >= 0.3 is 0 Å². The number of carbonyl (C=O) groups excluding carboxylic acids is 1. The summed E-state index contributed by atoms with van der Waals surface area (Å²) in [5.41, 5.74) is 5.45. The van der Waals surface area contributed by atoms with E-state index in [2.05, 4.69) is 0 Å². The third kappa shape index (κ3) is 3.32. The van der Waals surface area contributed by atoms with Crippen molar-refractivity contribution in [1.29, 1.82) is 0 Å². The van der Waals surface area contributed by atoms with Crippen LogP contribution in [0.5, 0.6) is 0 Å². The van der Waals surface area contributed by atoms with E-state index in [1.807, 2.05) is 13.8 Å². The van der Waals surface area contributed by atoms with Crippen LogP contribution in [-0.4, -0.2) is 5.91 Å². The summed E-state index contributed by atoms with van der Waals surface area (Å²) in [5, 5.41) is 0. The number of nitrogens with two attached hydrogens (primary N) is 1. The molecule has 2 N–H and O–H groups in total. The Bertz CT molecular complexity index is 219. The van der Waals surface area contributed by atoms with Crippen LogP contribution in [0.2, 0.25) is 0 Å². The number of hydrogen-bond donors (Lipinski definition) is 1. The van der Waals surface area contributed by atoms with Crippen molar-refractivity contribution in [3.8, 4) is 0 Å². The summed E-state index contributed by atoms with van der Waals surface area (Å²) in [6.07, 6.45) is 3.44. The van der Waals surface area contributed by atoms with Gasteiger partial charge in [-0.3, -0.25) is 4.79 Å². The van der Waals surface area contributed by atoms with Gasteiger partial charge in [-0.25, -0.2) is 4.39 Å². The van der Waals surface area contributed by atoms with Crippen LogP contribution in [0.4, 0.5) is 4.39 Å². The van der Waals surface area contributed by atoms with Crippen molar-refractivity contribution < 1.29 is 9.18 Å². The monoisotopic (exact) mass is 171 g/mol. The van der Waals surface area contributed by atoms with Crippen LogP contribution in [0.25, 0.3) is 0 Å². The van der Waals surface area contributed by atoms with E-state index in [0.717, 1.165) is 0 Å². The van der Waals surface area contributed by atoms with Crippen molar-refractivity contribution in [2.24, 2.45) is 5.73 Å². The van der Waals surface area contributed by atoms with E-state index in [1.54, 1.807) is 0 Å². The minimum absolute atomic E-state index is 0.190. The first-order valence-corrected chi connectivity index (χ1v) is 4.05. The zero-order valence-electron chi connectivity index (χ0n) is 7.43. The minimum atomic E-state index is -0.455. The standard InChI is InChI=1S/C7H8FNO.C2H6/c8-6-3-1-5(2-4-6)7(9)10;1-2/h1,3H,2,4H2,(H2,9,10);1-2H3. The van der Waals surface area contributed by atoms with Crippen molar-refractivity contribution in [3.63, 3.8) is 0 Å². The molecule has 0 aliphatic heterocycles. The molecular formula is C9H14FNO. The van der Waals surface area contributed by atoms with Crippen LogP contribution in [0.15, 0.2) is 23.6 Å². The second kappa shape index (κ2) is 5.52. The van der Waals surface area contributed by atoms with E-state index >= 15 is 0 Å². The van der Waals surface area contributed by atoms with Gasteiger partial charge in [-0.2, -0.15) is 0 Å². The molecule has 0 bridgehead atoms. The Morgan fingerprint density at radius 3 is 2.33 bits per heavy atom. The molecule has 0 fully saturated rings. The van der Waals surface area contributed by atoms with Gasteiger partial charge in [0.2, 0.25) is 5.91 Å². The summed E-state index contributed by atoms with van der Waals surface area (Å²) in [6.45, 7) is 4.00. The minimum Gasteiger partial charge on any atom is -0.366 e. The lowest BCUT2D eigenvalue weighted by Gasteiger charge is -2.04. The maximum Gasteiger partial charge on any atom is 0.244 e. The molecule has 0 aromatic carbocycles. The lowest BCUT2D eigenvalue weighted by Crippen LogP contribution is -2.14. The third-order valence-electron chi connectivity index (χ3n) is 1.42. The Hall–Kier alpha value is -1.12. The molecule has 0 spiro atoms. The lowest BCUT2D eigenvalue weighted by molar-refractivity contribution is -0.114. The molecular weight excluding hydrogens is 157 g/mol. The molecule has 0 radical (unpaired) electrons. The molecule has 68 valence electrons. The summed E-state index contributed by atoms with van der Waals surface area (Å²) in [4.78, 5) is 10.5. The number of halogens is 1. The Morgan fingerprint density at radius 1 is 1.42 bits per heavy atom. The number of carbonyl (C=O) groups is 1. The lowest BCUT2D eigenvalue weighted by atomic mass is 10.0. The zero-order valence-corrected chi connectivity index (χ0v) is 7.43. The van der Waals surface area contributed by atoms with Crippen molar-refractivity contribution >= 4 is 5.91 Å². The predicted molar refractivity (Wildman–Crippen MR) is 47.1 cm³/mol. The van der Waals surface area contributed by atoms with Crippen molar-refractivity contribution in [1.82, 2.24) is 0 Å². The molecule has 1 aliphatic rings. The zero-order chi connectivity index (χ0) is 9.56. The quantitative estimate of drug-likeness (QED) is 0.644. The first-order chi connectivity index (χ1) is 5.70. The van der Waals surface area contributed by atoms with Crippen molar-refractivity contribution in [3.05, 3.63) is 23.6 Å². The van der Waals surface area contributed by atoms with Crippen molar-refractivity contribution in [2.45, 2.75) is 26.7 Å². The van der Waals surface area contributed by atoms with E-state index in [4.69, 9.17) is 5.73 Å². The van der Waals surface area contributed by atoms with Gasteiger partial charge in [0, 0.05) is 12.0 Å². The van der Waals surface area contributed by atoms with Crippen LogP contribution >= 0.6 is 0 Å². The third-order valence-corrected chi connectivity index (χ3v) is 1.42. The van der Waals surface area contributed by atoms with E-state index in [9.17, 15) is 9.18 Å². The average molecular weight is 171 g/mol. The van der Waals surface area contributed by atoms with Gasteiger partial charge in [0.1, 0.15) is 5.83 Å². The van der Waals surface area contributed by atoms with Crippen LogP contribution < -0.4 is 5.73 Å². The number of hydrogen-bond acceptors (Lipinski definition) is 1. The van der Waals surface area contributed by atoms with Gasteiger partial charge in [-0.1, -0.05) is 19.9 Å². The average Bonchev–Trinajstić information content (AvgIpc) is 2.09. The molecule has 0 aromatic rings. The fourth-order valence-corrected chi connectivity index (χ4v) is 0.817. The SMILES string of the molecule is CC.NC(=O)C1=CC=C(F)CC1. The van der Waals surface area contributed by atoms with Crippen LogP contribution in [0.1, 0.15) is 26.7 Å². The predicted octanol–water partition coefficient (Wildman–Crippen LogP) is 2.07. The first-order valence-electron chi connectivity index (χ1n) is 4.05. The molecule has 1 amide bonds. The number of amides is 1. The van der Waals surface area contributed by atoms with Crippen molar-refractivity contribution in [2.75, 3.05) is 0 Å². The highest BCUT2D eigenvalue weighted by Gasteiger charge is 2.09. The Labute approximate surface area is 71.9 Å². The molecule has 0 saturated carbocycles. The molecule has 3 heteroatoms. The molecule has 2 nitrogen and oxygen atoms in total. The molecule has 1 rings (SSSR count). The number of rotatable bonds is 1. The summed E-state index contributed by atoms with van der Waals surface area (Å²) in [7, 11) is 0. The summed E-state index contributed by atoms with van der Waals surface area (Å²) < 4.78 is 12.3. The molecule has 0 unspecified atom stereocenters. The smallest absolute Gasteiger partial charge is 0.244 e. The normalized spacial score (nSPS) is 15.2. The van der Waals surface area contributed by atoms with E-state index in [-0.39, 0.29) is 5.83 Å². The number of primary amides is 1. The second-order valence-electron chi connectivity index (χ2n) is 2.17. The maximum atomic E-state index is 12.3. The van der Waals surface area contributed by atoms with Crippen LogP contribution in [0.3, 0.4) is 0 Å². The number of allylic oxidation sites excluding steroid dienone is 3. The summed E-state index contributed by atoms with van der Waals surface area (Å²) in [6, 6.07) is 0. The first kappa shape index (κ1) is 10.9. The Balaban J connectivity index is 0.000000561. The van der Waals surface area contributed by atoms with Gasteiger partial charge in [0.15, 0.2) is 0 Å². The van der Waals surface area contributed by atoms with Gasteiger partial charge in [0.25, 0.3) is 0 Å². The molecule has 0 heterocycles. The maximum absolute atomic E-state index is 12.3. The molecule has 1 aliphatic carbocycles. The molecule has 0 atom stereocenters. The van der Waals surface area contributed by atoms with E-state index < -0.39 is 5.91 Å². The molecule has 0 saturated heterocycles. The Kier molecular flexibility index (Phi) is 5.00. The van der Waals surface area contributed by atoms with Crippen LogP contribution in [0, 0.1) is 0 Å². The Morgan fingerprint density at radius 2 is 2.00 bits per heavy atom. The fraction of sp³-hybridized carbons (Fsp3) is 0.444. The van der Waals surface area contributed by atoms with Crippen LogP contribution in [-0.2, 0) is 4.79 Å². The van der Waals surface area contributed by atoms with E-state index in [1.165, 1.54) is 12.2 Å². The second-order valence-corrected chi connectivity index (χ2v) is 2.17. The van der Waals surface area contributed by atoms with Gasteiger partial charge in [0.05, 0.1) is 0 Å². The van der Waals surface area contributed by atoms with Gasteiger partial charge in [-0.05, 0) is 12.5 Å². The highest BCUT2D eigenvalue weighted by molar-refractivity contribution is 5.92. The fourth-order valence-electron chi connectivity index (χ4n) is 0.817. The topological polar surface area (TPSA) is 43.1 Å². The largest absolute Gasteiger partial charge is 0.366 e. The van der Waals surface area contributed by atoms with Gasteiger partial charge in [-0.15, -0.1) is 0 Å². The summed E-state index contributed by atoms with van der Waals surface area (Å²) in [5.74, 6) is -0.645. The van der Waals surface area contributed by atoms with E-state index in [0.29, 0.717) is 18.4 Å². The highest BCUT2D eigenvalue weighted by Crippen LogP contribution is 2.17. The highest BCUT2D eigenvalue weighted by atomic mass is 19.1. The molecule has 12 heavy (non-hydrogen) atoms. The summed E-state index contributed by atoms with van der Waals surface area (Å²) >= 11 is 0. The molecule has 0 aromatic heterocycles. The van der Waals surface area contributed by atoms with Gasteiger partial charge < -0.3 is 5.73 Å².